The highest BCUT2D eigenvalue weighted by Gasteiger charge is 2.16. The van der Waals surface area contributed by atoms with Gasteiger partial charge in [0.15, 0.2) is 0 Å². The van der Waals surface area contributed by atoms with E-state index in [9.17, 15) is 0 Å². The fraction of sp³-hybridized carbons (Fsp3) is 0.600. The van der Waals surface area contributed by atoms with Gasteiger partial charge in [0.2, 0.25) is 0 Å². The Morgan fingerprint density at radius 2 is 2.17 bits per heavy atom. The van der Waals surface area contributed by atoms with Crippen LogP contribution < -0.4 is 5.23 Å². The van der Waals surface area contributed by atoms with Crippen molar-refractivity contribution in [2.75, 3.05) is 0 Å². The molecule has 0 radical (unpaired) electrons. The number of allylic oxidation sites excluding steroid dienone is 3. The first-order valence-electron chi connectivity index (χ1n) is 4.85. The summed E-state index contributed by atoms with van der Waals surface area (Å²) in [5, 5.41) is 3.42. The molecule has 66 valence electrons. The lowest BCUT2D eigenvalue weighted by Gasteiger charge is -2.18. The van der Waals surface area contributed by atoms with Crippen LogP contribution >= 0.6 is 0 Å². The molecule has 0 aromatic carbocycles. The standard InChI is InChI=1S/C10H18BN/c1-4-5-6-11-10(3)7-9(2)8-12-11/h7-8,12H,4-6H2,1-3H3. The topological polar surface area (TPSA) is 12.0 Å². The van der Waals surface area contributed by atoms with E-state index in [1.165, 1.54) is 30.2 Å². The van der Waals surface area contributed by atoms with Gasteiger partial charge in [-0.2, -0.15) is 0 Å². The van der Waals surface area contributed by atoms with Crippen molar-refractivity contribution in [2.45, 2.75) is 39.9 Å². The van der Waals surface area contributed by atoms with E-state index in [4.69, 9.17) is 0 Å². The maximum Gasteiger partial charge on any atom is 0.281 e. The molecule has 0 aromatic rings. The quantitative estimate of drug-likeness (QED) is 0.630. The van der Waals surface area contributed by atoms with Crippen LogP contribution in [0.2, 0.25) is 6.32 Å². The molecule has 0 saturated carbocycles. The van der Waals surface area contributed by atoms with Crippen molar-refractivity contribution in [3.8, 4) is 0 Å². The summed E-state index contributed by atoms with van der Waals surface area (Å²) in [5.41, 5.74) is 2.81. The third kappa shape index (κ3) is 2.44. The molecule has 0 saturated heterocycles. The number of rotatable bonds is 3. The molecule has 0 atom stereocenters. The Hall–Kier alpha value is -0.655. The lowest BCUT2D eigenvalue weighted by molar-refractivity contribution is 0.866. The van der Waals surface area contributed by atoms with E-state index in [2.05, 4.69) is 38.3 Å². The molecule has 1 nitrogen and oxygen atoms in total. The minimum atomic E-state index is 0.591. The average Bonchev–Trinajstić information content (AvgIpc) is 2.03. The number of nitrogens with one attached hydrogen (secondary N) is 1. The van der Waals surface area contributed by atoms with Crippen molar-refractivity contribution in [3.63, 3.8) is 0 Å². The molecule has 12 heavy (non-hydrogen) atoms. The second-order valence-corrected chi connectivity index (χ2v) is 3.64. The number of unbranched alkanes of at least 4 members (excludes halogenated alkanes) is 1. The van der Waals surface area contributed by atoms with E-state index < -0.39 is 0 Å². The van der Waals surface area contributed by atoms with Gasteiger partial charge in [0.05, 0.1) is 0 Å². The lowest BCUT2D eigenvalue weighted by atomic mass is 9.51. The van der Waals surface area contributed by atoms with Gasteiger partial charge in [-0.15, -0.1) is 0 Å². The predicted molar refractivity (Wildman–Crippen MR) is 56.1 cm³/mol. The maximum absolute atomic E-state index is 3.42. The molecule has 0 spiro atoms. The van der Waals surface area contributed by atoms with E-state index in [0.717, 1.165) is 0 Å². The first kappa shape index (κ1) is 9.43. The maximum atomic E-state index is 3.42. The van der Waals surface area contributed by atoms with Crippen LogP contribution in [0.1, 0.15) is 33.6 Å². The number of hydrogen-bond donors (Lipinski definition) is 1. The fourth-order valence-corrected chi connectivity index (χ4v) is 1.58. The van der Waals surface area contributed by atoms with Crippen molar-refractivity contribution < 1.29 is 0 Å². The summed E-state index contributed by atoms with van der Waals surface area (Å²) < 4.78 is 0. The molecule has 0 fully saturated rings. The molecule has 0 bridgehead atoms. The van der Waals surface area contributed by atoms with Gasteiger partial charge in [-0.05, 0) is 31.9 Å². The highest BCUT2D eigenvalue weighted by Crippen LogP contribution is 2.13. The molecule has 0 aromatic heterocycles. The van der Waals surface area contributed by atoms with Crippen molar-refractivity contribution in [1.29, 1.82) is 0 Å². The third-order valence-corrected chi connectivity index (χ3v) is 2.36. The summed E-state index contributed by atoms with van der Waals surface area (Å²) in [7, 11) is 0. The van der Waals surface area contributed by atoms with Gasteiger partial charge in [0.25, 0.3) is 6.85 Å². The molecule has 0 aliphatic carbocycles. The Labute approximate surface area is 76.0 Å². The minimum absolute atomic E-state index is 0.591. The summed E-state index contributed by atoms with van der Waals surface area (Å²) in [5.74, 6) is 0. The SMILES string of the molecule is CCCCB1NC=C(C)C=C1C. The van der Waals surface area contributed by atoms with E-state index in [-0.39, 0.29) is 0 Å². The van der Waals surface area contributed by atoms with Crippen molar-refractivity contribution in [3.05, 3.63) is 23.3 Å². The van der Waals surface area contributed by atoms with Crippen LogP contribution in [0.15, 0.2) is 23.3 Å². The average molecular weight is 163 g/mol. The van der Waals surface area contributed by atoms with E-state index in [1.54, 1.807) is 0 Å². The van der Waals surface area contributed by atoms with Crippen LogP contribution in [-0.2, 0) is 0 Å². The second kappa shape index (κ2) is 4.39. The van der Waals surface area contributed by atoms with Crippen molar-refractivity contribution in [2.24, 2.45) is 0 Å². The van der Waals surface area contributed by atoms with Gasteiger partial charge < -0.3 is 5.23 Å². The Morgan fingerprint density at radius 3 is 2.75 bits per heavy atom. The molecule has 0 amide bonds. The Bertz CT molecular complexity index is 206. The van der Waals surface area contributed by atoms with Gasteiger partial charge in [0, 0.05) is 0 Å². The van der Waals surface area contributed by atoms with Crippen LogP contribution in [0.3, 0.4) is 0 Å². The van der Waals surface area contributed by atoms with E-state index >= 15 is 0 Å². The van der Waals surface area contributed by atoms with Gasteiger partial charge in [0.1, 0.15) is 0 Å². The van der Waals surface area contributed by atoms with Crippen molar-refractivity contribution >= 4 is 6.85 Å². The minimum Gasteiger partial charge on any atom is -0.430 e. The first-order valence-corrected chi connectivity index (χ1v) is 4.85. The van der Waals surface area contributed by atoms with Crippen LogP contribution in [0.25, 0.3) is 0 Å². The largest absolute Gasteiger partial charge is 0.430 e. The van der Waals surface area contributed by atoms with Crippen LogP contribution in [-0.4, -0.2) is 6.85 Å². The van der Waals surface area contributed by atoms with E-state index in [1.807, 2.05) is 0 Å². The summed E-state index contributed by atoms with van der Waals surface area (Å²) in [4.78, 5) is 0. The van der Waals surface area contributed by atoms with Crippen LogP contribution in [0.5, 0.6) is 0 Å². The van der Waals surface area contributed by atoms with Gasteiger partial charge in [-0.1, -0.05) is 31.3 Å². The first-order chi connectivity index (χ1) is 5.74. The highest BCUT2D eigenvalue weighted by molar-refractivity contribution is 6.64. The smallest absolute Gasteiger partial charge is 0.281 e. The van der Waals surface area contributed by atoms with Gasteiger partial charge in [-0.3, -0.25) is 0 Å². The fourth-order valence-electron chi connectivity index (χ4n) is 1.58. The Balaban J connectivity index is 2.44. The number of hydrogen-bond acceptors (Lipinski definition) is 1. The zero-order valence-electron chi connectivity index (χ0n) is 8.35. The molecular weight excluding hydrogens is 145 g/mol. The Morgan fingerprint density at radius 1 is 1.42 bits per heavy atom. The van der Waals surface area contributed by atoms with Gasteiger partial charge >= 0.3 is 0 Å². The Kier molecular flexibility index (Phi) is 3.45. The molecule has 1 heterocycles. The van der Waals surface area contributed by atoms with Crippen molar-refractivity contribution in [1.82, 2.24) is 5.23 Å². The molecule has 1 rings (SSSR count). The summed E-state index contributed by atoms with van der Waals surface area (Å²) in [6.45, 7) is 7.17. The normalized spacial score (nSPS) is 16.8. The summed E-state index contributed by atoms with van der Waals surface area (Å²) in [6.07, 6.45) is 8.26. The molecular formula is C10H18BN. The molecule has 0 unspecified atom stereocenters. The molecule has 2 heteroatoms. The zero-order chi connectivity index (χ0) is 8.97. The molecule has 1 aliphatic heterocycles. The third-order valence-electron chi connectivity index (χ3n) is 2.36. The van der Waals surface area contributed by atoms with Crippen LogP contribution in [0, 0.1) is 0 Å². The zero-order valence-corrected chi connectivity index (χ0v) is 8.35. The monoisotopic (exact) mass is 163 g/mol. The predicted octanol–water partition coefficient (Wildman–Crippen LogP) is 2.77. The summed E-state index contributed by atoms with van der Waals surface area (Å²) >= 11 is 0. The lowest BCUT2D eigenvalue weighted by Crippen LogP contribution is -2.33. The summed E-state index contributed by atoms with van der Waals surface area (Å²) in [6, 6.07) is 0. The highest BCUT2D eigenvalue weighted by atomic mass is 14.8. The molecule has 1 N–H and O–H groups in total. The van der Waals surface area contributed by atoms with Crippen LogP contribution in [0.4, 0.5) is 0 Å². The van der Waals surface area contributed by atoms with E-state index in [0.29, 0.717) is 6.85 Å². The second-order valence-electron chi connectivity index (χ2n) is 3.64. The van der Waals surface area contributed by atoms with Gasteiger partial charge in [-0.25, -0.2) is 0 Å². The molecule has 1 aliphatic rings.